The Balaban J connectivity index is 0.928. The fraction of sp³-hybridized carbons (Fsp3) is 0.422. The number of β-lactam (4-membered cyclic amide) rings is 1. The minimum absolute atomic E-state index is 0.00435. The van der Waals surface area contributed by atoms with E-state index in [9.17, 15) is 9.59 Å². The van der Waals surface area contributed by atoms with Gasteiger partial charge in [-0.05, 0) is 60.9 Å². The molecule has 0 unspecified atom stereocenters. The number of anilines is 2. The molecule has 0 N–H and O–H groups in total. The fourth-order valence-corrected chi connectivity index (χ4v) is 9.23. The van der Waals surface area contributed by atoms with Crippen molar-refractivity contribution in [2.45, 2.75) is 57.8 Å². The number of hydrogen-bond donors (Lipinski definition) is 0. The highest BCUT2D eigenvalue weighted by atomic mass is 19.1. The smallest absolute Gasteiger partial charge is 0.410 e. The quantitative estimate of drug-likeness (QED) is 0.142. The van der Waals surface area contributed by atoms with Gasteiger partial charge in [0.25, 0.3) is 0 Å². The van der Waals surface area contributed by atoms with Gasteiger partial charge in [-0.2, -0.15) is 0 Å². The molecule has 1 aliphatic carbocycles. The van der Waals surface area contributed by atoms with Gasteiger partial charge in [0, 0.05) is 57.4 Å². The van der Waals surface area contributed by atoms with Gasteiger partial charge in [0.1, 0.15) is 24.8 Å². The molecule has 3 saturated heterocycles. The van der Waals surface area contributed by atoms with Crippen LogP contribution in [0.5, 0.6) is 11.5 Å². The predicted molar refractivity (Wildman–Crippen MR) is 211 cm³/mol. The van der Waals surface area contributed by atoms with E-state index in [0.717, 1.165) is 56.4 Å². The molecule has 4 aromatic rings. The number of methoxy groups -OCH3 is 1. The van der Waals surface area contributed by atoms with Crippen LogP contribution in [0.1, 0.15) is 61.3 Å². The van der Waals surface area contributed by atoms with Crippen molar-refractivity contribution in [2.24, 2.45) is 11.3 Å². The van der Waals surface area contributed by atoms with Crippen LogP contribution in [0, 0.1) is 23.0 Å². The zero-order valence-corrected chi connectivity index (χ0v) is 32.0. The highest BCUT2D eigenvalue weighted by Gasteiger charge is 2.63. The number of piperazine rings is 1. The number of halogens is 2. The van der Waals surface area contributed by atoms with Crippen LogP contribution in [-0.2, 0) is 22.7 Å². The summed E-state index contributed by atoms with van der Waals surface area (Å²) in [6.45, 7) is 5.63. The first-order valence-electron chi connectivity index (χ1n) is 19.9. The lowest BCUT2D eigenvalue weighted by atomic mass is 9.66. The van der Waals surface area contributed by atoms with Crippen molar-refractivity contribution in [2.75, 3.05) is 62.7 Å². The molecule has 0 bridgehead atoms. The summed E-state index contributed by atoms with van der Waals surface area (Å²) < 4.78 is 49.5. The van der Waals surface area contributed by atoms with Crippen molar-refractivity contribution in [3.63, 3.8) is 0 Å². The Kier molecular flexibility index (Phi) is 11.1. The van der Waals surface area contributed by atoms with Crippen LogP contribution in [-0.4, -0.2) is 74.7 Å². The van der Waals surface area contributed by atoms with Crippen LogP contribution in [0.3, 0.4) is 0 Å². The zero-order chi connectivity index (χ0) is 38.6. The van der Waals surface area contributed by atoms with Crippen molar-refractivity contribution in [1.29, 1.82) is 0 Å². The van der Waals surface area contributed by atoms with E-state index < -0.39 is 17.3 Å². The van der Waals surface area contributed by atoms with Crippen molar-refractivity contribution in [1.82, 2.24) is 9.80 Å². The minimum atomic E-state index is -0.712. The third kappa shape index (κ3) is 7.53. The van der Waals surface area contributed by atoms with Crippen LogP contribution in [0.2, 0.25) is 0 Å². The number of carbonyl (C=O) groups excluding carboxylic acids is 2. The molecule has 4 fully saturated rings. The SMILES string of the molecule is COc1cc(N2CCC(CN3CCN(C(=O)OCc4ccccc4)CC3)CC2)c(F)cc1[C@@H]1N(c2cccc(F)c2OCc2ccccc2)C(=O)C12CCCC2. The molecule has 0 radical (unpaired) electrons. The maximum atomic E-state index is 16.4. The number of amides is 2. The maximum absolute atomic E-state index is 16.4. The molecular weight excluding hydrogens is 715 g/mol. The Morgan fingerprint density at radius 1 is 0.768 bits per heavy atom. The van der Waals surface area contributed by atoms with Crippen LogP contribution in [0.25, 0.3) is 0 Å². The second-order valence-electron chi connectivity index (χ2n) is 15.6. The summed E-state index contributed by atoms with van der Waals surface area (Å²) in [4.78, 5) is 34.7. The third-order valence-electron chi connectivity index (χ3n) is 12.3. The number of benzene rings is 4. The fourth-order valence-electron chi connectivity index (χ4n) is 9.23. The molecule has 3 aliphatic heterocycles. The average Bonchev–Trinajstić information content (AvgIpc) is 3.76. The van der Waals surface area contributed by atoms with Crippen molar-refractivity contribution >= 4 is 23.4 Å². The number of para-hydroxylation sites is 1. The summed E-state index contributed by atoms with van der Waals surface area (Å²) in [6.07, 6.45) is 4.71. The van der Waals surface area contributed by atoms with Gasteiger partial charge in [-0.25, -0.2) is 13.6 Å². The molecule has 9 nitrogen and oxygen atoms in total. The largest absolute Gasteiger partial charge is 0.496 e. The van der Waals surface area contributed by atoms with Crippen molar-refractivity contribution in [3.05, 3.63) is 119 Å². The molecule has 1 atom stereocenters. The number of hydrogen-bond acceptors (Lipinski definition) is 7. The number of ether oxygens (including phenoxy) is 3. The number of piperidine rings is 1. The van der Waals surface area contributed by atoms with E-state index in [1.165, 1.54) is 6.07 Å². The Labute approximate surface area is 327 Å². The Morgan fingerprint density at radius 2 is 1.43 bits per heavy atom. The Morgan fingerprint density at radius 3 is 2.09 bits per heavy atom. The normalized spacial score (nSPS) is 19.9. The first-order valence-corrected chi connectivity index (χ1v) is 19.9. The van der Waals surface area contributed by atoms with Crippen LogP contribution in [0.4, 0.5) is 25.0 Å². The first kappa shape index (κ1) is 37.7. The van der Waals surface area contributed by atoms with E-state index in [-0.39, 0.29) is 36.8 Å². The summed E-state index contributed by atoms with van der Waals surface area (Å²) in [5.74, 6) is -0.0237. The summed E-state index contributed by atoms with van der Waals surface area (Å²) in [5.41, 5.74) is 2.55. The second kappa shape index (κ2) is 16.5. The number of carbonyl (C=O) groups is 2. The van der Waals surface area contributed by atoms with Gasteiger partial charge in [-0.3, -0.25) is 14.6 Å². The lowest BCUT2D eigenvalue weighted by molar-refractivity contribution is -0.139. The van der Waals surface area contributed by atoms with Crippen LogP contribution in [0.15, 0.2) is 91.0 Å². The van der Waals surface area contributed by atoms with Gasteiger partial charge in [0.15, 0.2) is 11.6 Å². The highest BCUT2D eigenvalue weighted by molar-refractivity contribution is 6.07. The third-order valence-corrected chi connectivity index (χ3v) is 12.3. The Hall–Kier alpha value is -5.16. The van der Waals surface area contributed by atoms with E-state index in [4.69, 9.17) is 14.2 Å². The monoisotopic (exact) mass is 764 g/mol. The van der Waals surface area contributed by atoms with E-state index in [1.807, 2.05) is 60.7 Å². The van der Waals surface area contributed by atoms with Crippen LogP contribution < -0.4 is 19.3 Å². The molecule has 4 aliphatic rings. The van der Waals surface area contributed by atoms with E-state index in [0.29, 0.717) is 67.6 Å². The summed E-state index contributed by atoms with van der Waals surface area (Å²) in [6, 6.07) is 26.6. The van der Waals surface area contributed by atoms with Crippen molar-refractivity contribution in [3.8, 4) is 11.5 Å². The van der Waals surface area contributed by atoms with Gasteiger partial charge in [0.05, 0.1) is 29.9 Å². The van der Waals surface area contributed by atoms with Gasteiger partial charge < -0.3 is 24.0 Å². The zero-order valence-electron chi connectivity index (χ0n) is 32.0. The molecule has 11 heteroatoms. The molecule has 1 spiro atoms. The van der Waals surface area contributed by atoms with E-state index in [2.05, 4.69) is 9.80 Å². The molecule has 294 valence electrons. The van der Waals surface area contributed by atoms with Crippen molar-refractivity contribution < 1.29 is 32.6 Å². The molecule has 2 amide bonds. The molecule has 0 aromatic heterocycles. The average molecular weight is 765 g/mol. The number of nitrogens with zero attached hydrogens (tertiary/aromatic N) is 4. The highest BCUT2D eigenvalue weighted by Crippen LogP contribution is 2.63. The summed E-state index contributed by atoms with van der Waals surface area (Å²) in [5, 5.41) is 0. The minimum Gasteiger partial charge on any atom is -0.496 e. The van der Waals surface area contributed by atoms with Gasteiger partial charge in [-0.1, -0.05) is 79.6 Å². The lowest BCUT2D eigenvalue weighted by Crippen LogP contribution is -2.62. The maximum Gasteiger partial charge on any atom is 0.410 e. The standard InChI is InChI=1S/C45H50F2N4O5/c1-54-40-28-39(49-21-17-32(18-22-49)29-48-23-25-50(26-24-48)44(53)56-31-34-13-6-3-7-14-34)37(47)27-35(40)42-45(19-8-9-20-45)43(52)51(42)38-16-10-15-36(46)41(38)55-30-33-11-4-2-5-12-33/h2-7,10-16,27-28,32,42H,8-9,17-26,29-31H2,1H3/t42-/m0/s1. The molecule has 1 saturated carbocycles. The van der Waals surface area contributed by atoms with E-state index >= 15 is 8.78 Å². The Bertz CT molecular complexity index is 1990. The van der Waals surface area contributed by atoms with Gasteiger partial charge in [-0.15, -0.1) is 0 Å². The van der Waals surface area contributed by atoms with Gasteiger partial charge >= 0.3 is 6.09 Å². The molecule has 56 heavy (non-hydrogen) atoms. The molecule has 4 aromatic carbocycles. The molecular formula is C45H50F2N4O5. The second-order valence-corrected chi connectivity index (χ2v) is 15.6. The lowest BCUT2D eigenvalue weighted by Gasteiger charge is -2.55. The van der Waals surface area contributed by atoms with Crippen LogP contribution >= 0.6 is 0 Å². The summed E-state index contributed by atoms with van der Waals surface area (Å²) >= 11 is 0. The van der Waals surface area contributed by atoms with E-state index in [1.54, 1.807) is 41.2 Å². The number of rotatable bonds is 11. The topological polar surface area (TPSA) is 74.8 Å². The predicted octanol–water partition coefficient (Wildman–Crippen LogP) is 8.37. The molecule has 3 heterocycles. The molecule has 8 rings (SSSR count). The summed E-state index contributed by atoms with van der Waals surface area (Å²) in [7, 11) is 1.58. The van der Waals surface area contributed by atoms with Gasteiger partial charge in [0.2, 0.25) is 5.91 Å². The first-order chi connectivity index (χ1) is 27.3.